The molecule has 1 aromatic carbocycles. The van der Waals surface area contributed by atoms with Crippen molar-refractivity contribution in [3.63, 3.8) is 0 Å². The molecule has 2 rings (SSSR count). The number of carbonyl (C=O) groups excluding carboxylic acids is 2. The van der Waals surface area contributed by atoms with E-state index < -0.39 is 0 Å². The highest BCUT2D eigenvalue weighted by atomic mass is 35.5. The average Bonchev–Trinajstić information content (AvgIpc) is 2.69. The zero-order valence-electron chi connectivity index (χ0n) is 16.3. The Hall–Kier alpha value is -1.38. The SMILES string of the molecule is COCCCNC(=O)CN1CCN(C(C)C(=O)Nc2cccc(Cl)c2Cl)CC1. The molecule has 2 N–H and O–H groups in total. The Morgan fingerprint density at radius 1 is 1.21 bits per heavy atom. The van der Waals surface area contributed by atoms with Crippen molar-refractivity contribution in [3.8, 4) is 0 Å². The predicted molar refractivity (Wildman–Crippen MR) is 112 cm³/mol. The first kappa shape index (κ1) is 22.9. The van der Waals surface area contributed by atoms with Crippen LogP contribution in [-0.4, -0.2) is 80.6 Å². The number of rotatable bonds is 9. The fraction of sp³-hybridized carbons (Fsp3) is 0.579. The Labute approximate surface area is 176 Å². The first-order valence-electron chi connectivity index (χ1n) is 9.39. The molecule has 0 aromatic heterocycles. The average molecular weight is 431 g/mol. The summed E-state index contributed by atoms with van der Waals surface area (Å²) in [5, 5.41) is 6.48. The monoisotopic (exact) mass is 430 g/mol. The number of nitrogens with zero attached hydrogens (tertiary/aromatic N) is 2. The number of ether oxygens (including phenoxy) is 1. The van der Waals surface area contributed by atoms with Crippen molar-refractivity contribution < 1.29 is 14.3 Å². The molecular weight excluding hydrogens is 403 g/mol. The second-order valence-corrected chi connectivity index (χ2v) is 7.56. The number of anilines is 1. The molecule has 0 spiro atoms. The van der Waals surface area contributed by atoms with Gasteiger partial charge < -0.3 is 15.4 Å². The van der Waals surface area contributed by atoms with Crippen molar-refractivity contribution in [1.82, 2.24) is 15.1 Å². The lowest BCUT2D eigenvalue weighted by molar-refractivity contribution is -0.124. The number of piperazine rings is 1. The molecule has 0 radical (unpaired) electrons. The summed E-state index contributed by atoms with van der Waals surface area (Å²) in [6.45, 7) is 6.41. The maximum absolute atomic E-state index is 12.6. The number of benzene rings is 1. The second-order valence-electron chi connectivity index (χ2n) is 6.78. The summed E-state index contributed by atoms with van der Waals surface area (Å²) in [6.07, 6.45) is 0.805. The van der Waals surface area contributed by atoms with E-state index >= 15 is 0 Å². The maximum atomic E-state index is 12.6. The van der Waals surface area contributed by atoms with E-state index in [0.717, 1.165) is 32.6 Å². The van der Waals surface area contributed by atoms with E-state index in [1.54, 1.807) is 25.3 Å². The van der Waals surface area contributed by atoms with Gasteiger partial charge in [0.2, 0.25) is 11.8 Å². The van der Waals surface area contributed by atoms with Crippen molar-refractivity contribution in [3.05, 3.63) is 28.2 Å². The van der Waals surface area contributed by atoms with Gasteiger partial charge >= 0.3 is 0 Å². The number of halogens is 2. The fourth-order valence-electron chi connectivity index (χ4n) is 3.02. The molecule has 1 aliphatic heterocycles. The van der Waals surface area contributed by atoms with Crippen LogP contribution in [0, 0.1) is 0 Å². The minimum absolute atomic E-state index is 0.0194. The van der Waals surface area contributed by atoms with E-state index in [1.807, 2.05) is 6.92 Å². The van der Waals surface area contributed by atoms with Gasteiger partial charge in [0.15, 0.2) is 0 Å². The zero-order chi connectivity index (χ0) is 20.5. The van der Waals surface area contributed by atoms with Crippen LogP contribution in [0.15, 0.2) is 18.2 Å². The second kappa shape index (κ2) is 11.6. The third-order valence-electron chi connectivity index (χ3n) is 4.76. The number of carbonyl (C=O) groups is 2. The molecule has 0 bridgehead atoms. The molecular formula is C19H28Cl2N4O3. The molecule has 1 fully saturated rings. The molecule has 9 heteroatoms. The van der Waals surface area contributed by atoms with Crippen LogP contribution >= 0.6 is 23.2 Å². The van der Waals surface area contributed by atoms with Gasteiger partial charge in [0, 0.05) is 46.4 Å². The first-order chi connectivity index (χ1) is 13.4. The van der Waals surface area contributed by atoms with E-state index in [9.17, 15) is 9.59 Å². The Morgan fingerprint density at radius 3 is 2.61 bits per heavy atom. The zero-order valence-corrected chi connectivity index (χ0v) is 17.9. The Kier molecular flexibility index (Phi) is 9.47. The van der Waals surface area contributed by atoms with E-state index in [1.165, 1.54) is 0 Å². The molecule has 1 saturated heterocycles. The van der Waals surface area contributed by atoms with Crippen molar-refractivity contribution in [2.24, 2.45) is 0 Å². The predicted octanol–water partition coefficient (Wildman–Crippen LogP) is 2.09. The fourth-order valence-corrected chi connectivity index (χ4v) is 3.36. The van der Waals surface area contributed by atoms with E-state index in [2.05, 4.69) is 20.4 Å². The number of nitrogens with one attached hydrogen (secondary N) is 2. The molecule has 28 heavy (non-hydrogen) atoms. The van der Waals surface area contributed by atoms with Gasteiger partial charge in [-0.2, -0.15) is 0 Å². The van der Waals surface area contributed by atoms with Gasteiger partial charge in [0.1, 0.15) is 0 Å². The number of amides is 2. The van der Waals surface area contributed by atoms with Crippen LogP contribution < -0.4 is 10.6 Å². The van der Waals surface area contributed by atoms with Crippen LogP contribution in [0.1, 0.15) is 13.3 Å². The quantitative estimate of drug-likeness (QED) is 0.586. The van der Waals surface area contributed by atoms with Gasteiger partial charge in [0.05, 0.1) is 28.3 Å². The molecule has 0 saturated carbocycles. The van der Waals surface area contributed by atoms with Crippen LogP contribution in [0.2, 0.25) is 10.0 Å². The minimum atomic E-state index is -0.305. The highest BCUT2D eigenvalue weighted by molar-refractivity contribution is 6.44. The lowest BCUT2D eigenvalue weighted by Gasteiger charge is -2.37. The van der Waals surface area contributed by atoms with Crippen LogP contribution in [0.3, 0.4) is 0 Å². The Morgan fingerprint density at radius 2 is 1.93 bits per heavy atom. The largest absolute Gasteiger partial charge is 0.385 e. The van der Waals surface area contributed by atoms with Crippen molar-refractivity contribution in [2.75, 3.05) is 58.3 Å². The summed E-state index contributed by atoms with van der Waals surface area (Å²) in [4.78, 5) is 28.7. The van der Waals surface area contributed by atoms with Crippen molar-refractivity contribution in [2.45, 2.75) is 19.4 Å². The van der Waals surface area contributed by atoms with Crippen LogP contribution in [0.5, 0.6) is 0 Å². The van der Waals surface area contributed by atoms with Gasteiger partial charge in [-0.05, 0) is 25.5 Å². The summed E-state index contributed by atoms with van der Waals surface area (Å²) in [5.74, 6) is -0.112. The molecule has 1 heterocycles. The molecule has 7 nitrogen and oxygen atoms in total. The van der Waals surface area contributed by atoms with E-state index in [0.29, 0.717) is 35.4 Å². The highest BCUT2D eigenvalue weighted by Gasteiger charge is 2.26. The van der Waals surface area contributed by atoms with E-state index in [-0.39, 0.29) is 17.9 Å². The van der Waals surface area contributed by atoms with Crippen molar-refractivity contribution >= 4 is 40.7 Å². The Bertz CT molecular complexity index is 667. The summed E-state index contributed by atoms with van der Waals surface area (Å²) < 4.78 is 4.96. The third kappa shape index (κ3) is 6.90. The topological polar surface area (TPSA) is 73.9 Å². The number of hydrogen-bond donors (Lipinski definition) is 2. The van der Waals surface area contributed by atoms with Crippen molar-refractivity contribution in [1.29, 1.82) is 0 Å². The molecule has 156 valence electrons. The van der Waals surface area contributed by atoms with E-state index in [4.69, 9.17) is 27.9 Å². The lowest BCUT2D eigenvalue weighted by atomic mass is 10.2. The molecule has 2 amide bonds. The molecule has 0 aliphatic carbocycles. The van der Waals surface area contributed by atoms with Gasteiger partial charge in [0.25, 0.3) is 0 Å². The first-order valence-corrected chi connectivity index (χ1v) is 10.1. The Balaban J connectivity index is 1.75. The normalized spacial score (nSPS) is 16.6. The smallest absolute Gasteiger partial charge is 0.241 e. The molecule has 1 atom stereocenters. The summed E-state index contributed by atoms with van der Waals surface area (Å²) in [6, 6.07) is 4.84. The summed E-state index contributed by atoms with van der Waals surface area (Å²) in [7, 11) is 1.64. The lowest BCUT2D eigenvalue weighted by Crippen LogP contribution is -2.54. The number of hydrogen-bond acceptors (Lipinski definition) is 5. The van der Waals surface area contributed by atoms with Gasteiger partial charge in [-0.1, -0.05) is 29.3 Å². The van der Waals surface area contributed by atoms with Gasteiger partial charge in [-0.15, -0.1) is 0 Å². The molecule has 1 unspecified atom stereocenters. The van der Waals surface area contributed by atoms with Crippen LogP contribution in [-0.2, 0) is 14.3 Å². The maximum Gasteiger partial charge on any atom is 0.241 e. The molecule has 1 aromatic rings. The van der Waals surface area contributed by atoms with Gasteiger partial charge in [-0.25, -0.2) is 0 Å². The molecule has 1 aliphatic rings. The van der Waals surface area contributed by atoms with Crippen LogP contribution in [0.25, 0.3) is 0 Å². The standard InChI is InChI=1S/C19H28Cl2N4O3/c1-14(19(27)23-16-6-3-5-15(20)18(16)21)25-10-8-24(9-11-25)13-17(26)22-7-4-12-28-2/h3,5-6,14H,4,7-13H2,1-2H3,(H,22,26)(H,23,27). The third-order valence-corrected chi connectivity index (χ3v) is 5.58. The van der Waals surface area contributed by atoms with Crippen LogP contribution in [0.4, 0.5) is 5.69 Å². The summed E-state index contributed by atoms with van der Waals surface area (Å²) in [5.41, 5.74) is 0.509. The summed E-state index contributed by atoms with van der Waals surface area (Å²) >= 11 is 12.1. The highest BCUT2D eigenvalue weighted by Crippen LogP contribution is 2.29. The number of methoxy groups -OCH3 is 1. The van der Waals surface area contributed by atoms with Gasteiger partial charge in [-0.3, -0.25) is 19.4 Å². The minimum Gasteiger partial charge on any atom is -0.385 e.